The monoisotopic (exact) mass is 293 g/mol. The van der Waals surface area contributed by atoms with Crippen molar-refractivity contribution in [2.45, 2.75) is 13.8 Å². The SMILES string of the molecule is Cc1cc(F)cc(C)c1Oc1cc[c]cc1Br. The maximum atomic E-state index is 13.2. The van der Waals surface area contributed by atoms with E-state index in [-0.39, 0.29) is 5.82 Å². The molecule has 0 N–H and O–H groups in total. The maximum Gasteiger partial charge on any atom is 0.141 e. The van der Waals surface area contributed by atoms with Gasteiger partial charge in [-0.2, -0.15) is 0 Å². The molecule has 0 aromatic heterocycles. The highest BCUT2D eigenvalue weighted by Gasteiger charge is 2.09. The number of hydrogen-bond donors (Lipinski definition) is 0. The fraction of sp³-hybridized carbons (Fsp3) is 0.143. The Morgan fingerprint density at radius 3 is 2.47 bits per heavy atom. The summed E-state index contributed by atoms with van der Waals surface area (Å²) in [6.45, 7) is 3.66. The van der Waals surface area contributed by atoms with Crippen LogP contribution in [-0.4, -0.2) is 0 Å². The predicted octanol–water partition coefficient (Wildman–Crippen LogP) is 4.80. The number of aryl methyl sites for hydroxylation is 2. The standard InChI is InChI=1S/C14H11BrFO/c1-9-7-11(16)8-10(2)14(9)17-13-6-4-3-5-12(13)15/h4-8H,1-2H3. The van der Waals surface area contributed by atoms with Crippen molar-refractivity contribution in [3.8, 4) is 11.5 Å². The van der Waals surface area contributed by atoms with Crippen LogP contribution in [0.2, 0.25) is 0 Å². The highest BCUT2D eigenvalue weighted by Crippen LogP contribution is 2.33. The number of ether oxygens (including phenoxy) is 1. The van der Waals surface area contributed by atoms with Crippen LogP contribution in [0.5, 0.6) is 11.5 Å². The van der Waals surface area contributed by atoms with Gasteiger partial charge in [0.05, 0.1) is 4.47 Å². The average molecular weight is 294 g/mol. The van der Waals surface area contributed by atoms with Crippen molar-refractivity contribution >= 4 is 15.9 Å². The molecule has 17 heavy (non-hydrogen) atoms. The lowest BCUT2D eigenvalue weighted by atomic mass is 10.1. The first-order chi connectivity index (χ1) is 8.08. The molecule has 0 fully saturated rings. The van der Waals surface area contributed by atoms with E-state index in [0.29, 0.717) is 11.5 Å². The number of rotatable bonds is 2. The summed E-state index contributed by atoms with van der Waals surface area (Å²) in [6, 6.07) is 11.2. The van der Waals surface area contributed by atoms with Gasteiger partial charge in [0.25, 0.3) is 0 Å². The molecule has 0 aliphatic carbocycles. The molecule has 1 nitrogen and oxygen atoms in total. The molecule has 1 radical (unpaired) electrons. The number of hydrogen-bond acceptors (Lipinski definition) is 1. The van der Waals surface area contributed by atoms with Gasteiger partial charge in [0.15, 0.2) is 0 Å². The Morgan fingerprint density at radius 1 is 1.24 bits per heavy atom. The second-order valence-electron chi connectivity index (χ2n) is 3.83. The summed E-state index contributed by atoms with van der Waals surface area (Å²) in [5, 5.41) is 0. The Bertz CT molecular complexity index is 529. The molecule has 0 bridgehead atoms. The lowest BCUT2D eigenvalue weighted by Crippen LogP contribution is -1.93. The zero-order chi connectivity index (χ0) is 12.4. The molecule has 2 aromatic rings. The molecule has 2 rings (SSSR count). The van der Waals surface area contributed by atoms with Crippen molar-refractivity contribution in [3.05, 3.63) is 57.8 Å². The van der Waals surface area contributed by atoms with Crippen LogP contribution >= 0.6 is 15.9 Å². The van der Waals surface area contributed by atoms with Crippen LogP contribution in [0, 0.1) is 25.7 Å². The summed E-state index contributed by atoms with van der Waals surface area (Å²) in [4.78, 5) is 0. The van der Waals surface area contributed by atoms with E-state index < -0.39 is 0 Å². The van der Waals surface area contributed by atoms with E-state index in [1.165, 1.54) is 12.1 Å². The molecule has 0 heterocycles. The third-order valence-corrected chi connectivity index (χ3v) is 3.03. The van der Waals surface area contributed by atoms with E-state index in [2.05, 4.69) is 22.0 Å². The fourth-order valence-corrected chi connectivity index (χ4v) is 1.99. The second-order valence-corrected chi connectivity index (χ2v) is 4.68. The van der Waals surface area contributed by atoms with E-state index in [4.69, 9.17) is 4.74 Å². The Balaban J connectivity index is 2.40. The third kappa shape index (κ3) is 2.67. The Kier molecular flexibility index (Phi) is 3.48. The molecule has 0 saturated carbocycles. The van der Waals surface area contributed by atoms with Crippen LogP contribution in [0.1, 0.15) is 11.1 Å². The van der Waals surface area contributed by atoms with Crippen molar-refractivity contribution in [2.75, 3.05) is 0 Å². The fourth-order valence-electron chi connectivity index (χ4n) is 1.65. The normalized spacial score (nSPS) is 10.4. The van der Waals surface area contributed by atoms with Gasteiger partial charge in [0.2, 0.25) is 0 Å². The summed E-state index contributed by atoms with van der Waals surface area (Å²) < 4.78 is 19.8. The summed E-state index contributed by atoms with van der Waals surface area (Å²) >= 11 is 3.39. The molecule has 0 spiro atoms. The lowest BCUT2D eigenvalue weighted by molar-refractivity contribution is 0.469. The van der Waals surface area contributed by atoms with Gasteiger partial charge in [-0.1, -0.05) is 6.07 Å². The summed E-state index contributed by atoms with van der Waals surface area (Å²) in [5.41, 5.74) is 1.56. The minimum absolute atomic E-state index is 0.243. The van der Waals surface area contributed by atoms with Crippen molar-refractivity contribution < 1.29 is 9.13 Å². The first kappa shape index (κ1) is 12.1. The molecule has 0 amide bonds. The van der Waals surface area contributed by atoms with Crippen molar-refractivity contribution in [1.29, 1.82) is 0 Å². The highest BCUT2D eigenvalue weighted by atomic mass is 79.9. The first-order valence-electron chi connectivity index (χ1n) is 5.18. The Morgan fingerprint density at radius 2 is 1.88 bits per heavy atom. The molecule has 3 heteroatoms. The molecular weight excluding hydrogens is 283 g/mol. The quantitative estimate of drug-likeness (QED) is 0.773. The van der Waals surface area contributed by atoms with E-state index in [0.717, 1.165) is 15.6 Å². The summed E-state index contributed by atoms with van der Waals surface area (Å²) in [5.74, 6) is 1.15. The average Bonchev–Trinajstić information content (AvgIpc) is 2.25. The van der Waals surface area contributed by atoms with E-state index in [9.17, 15) is 4.39 Å². The molecule has 0 unspecified atom stereocenters. The topological polar surface area (TPSA) is 9.23 Å². The van der Waals surface area contributed by atoms with E-state index in [1.54, 1.807) is 12.1 Å². The third-order valence-electron chi connectivity index (χ3n) is 2.41. The zero-order valence-electron chi connectivity index (χ0n) is 9.55. The van der Waals surface area contributed by atoms with Gasteiger partial charge in [0, 0.05) is 0 Å². The van der Waals surface area contributed by atoms with Gasteiger partial charge in [-0.05, 0) is 71.2 Å². The van der Waals surface area contributed by atoms with Gasteiger partial charge >= 0.3 is 0 Å². The molecule has 0 atom stereocenters. The molecule has 0 saturated heterocycles. The van der Waals surface area contributed by atoms with Gasteiger partial charge in [0.1, 0.15) is 17.3 Å². The molecule has 2 aromatic carbocycles. The Hall–Kier alpha value is -1.35. The van der Waals surface area contributed by atoms with Gasteiger partial charge in [-0.25, -0.2) is 4.39 Å². The lowest BCUT2D eigenvalue weighted by Gasteiger charge is -2.12. The molecule has 0 aliphatic rings. The van der Waals surface area contributed by atoms with Gasteiger partial charge in [-0.15, -0.1) is 0 Å². The summed E-state index contributed by atoms with van der Waals surface area (Å²) in [7, 11) is 0. The molecule has 87 valence electrons. The second kappa shape index (κ2) is 4.88. The van der Waals surface area contributed by atoms with Crippen LogP contribution in [0.3, 0.4) is 0 Å². The van der Waals surface area contributed by atoms with Crippen LogP contribution in [0.4, 0.5) is 4.39 Å². The summed E-state index contributed by atoms with van der Waals surface area (Å²) in [6.07, 6.45) is 0. The molecule has 0 aliphatic heterocycles. The minimum Gasteiger partial charge on any atom is -0.456 e. The van der Waals surface area contributed by atoms with E-state index >= 15 is 0 Å². The van der Waals surface area contributed by atoms with Crippen LogP contribution in [0.25, 0.3) is 0 Å². The largest absolute Gasteiger partial charge is 0.456 e. The van der Waals surface area contributed by atoms with Crippen LogP contribution in [0.15, 0.2) is 34.8 Å². The minimum atomic E-state index is -0.243. The molecular formula is C14H11BrFO. The van der Waals surface area contributed by atoms with Crippen molar-refractivity contribution in [2.24, 2.45) is 0 Å². The maximum absolute atomic E-state index is 13.2. The Labute approximate surface area is 108 Å². The van der Waals surface area contributed by atoms with Crippen molar-refractivity contribution in [1.82, 2.24) is 0 Å². The van der Waals surface area contributed by atoms with E-state index in [1.807, 2.05) is 19.9 Å². The number of halogens is 2. The van der Waals surface area contributed by atoms with Crippen LogP contribution in [-0.2, 0) is 0 Å². The number of benzene rings is 2. The zero-order valence-corrected chi connectivity index (χ0v) is 11.1. The van der Waals surface area contributed by atoms with Gasteiger partial charge in [-0.3, -0.25) is 0 Å². The highest BCUT2D eigenvalue weighted by molar-refractivity contribution is 9.10. The first-order valence-corrected chi connectivity index (χ1v) is 5.97. The van der Waals surface area contributed by atoms with Crippen LogP contribution < -0.4 is 4.74 Å². The van der Waals surface area contributed by atoms with Crippen molar-refractivity contribution in [3.63, 3.8) is 0 Å². The van der Waals surface area contributed by atoms with Gasteiger partial charge < -0.3 is 4.74 Å². The predicted molar refractivity (Wildman–Crippen MR) is 68.9 cm³/mol. The smallest absolute Gasteiger partial charge is 0.141 e.